The molecule has 0 amide bonds. The van der Waals surface area contributed by atoms with E-state index in [1.54, 1.807) is 0 Å². The molecule has 0 radical (unpaired) electrons. The first-order valence-corrected chi connectivity index (χ1v) is 6.96. The van der Waals surface area contributed by atoms with Gasteiger partial charge in [0.1, 0.15) is 5.82 Å². The van der Waals surface area contributed by atoms with Crippen LogP contribution in [0, 0.1) is 6.92 Å². The molecule has 1 saturated heterocycles. The molecule has 3 rings (SSSR count). The molecule has 0 saturated carbocycles. The van der Waals surface area contributed by atoms with Crippen molar-refractivity contribution in [3.63, 3.8) is 0 Å². The van der Waals surface area contributed by atoms with Gasteiger partial charge in [-0.05, 0) is 19.1 Å². The Balaban J connectivity index is 2.06. The number of H-pyrrole nitrogens is 1. The number of aromatic nitrogens is 2. The van der Waals surface area contributed by atoms with Crippen LogP contribution in [0.25, 0.3) is 11.3 Å². The van der Waals surface area contributed by atoms with Gasteiger partial charge in [-0.25, -0.2) is 4.98 Å². The van der Waals surface area contributed by atoms with Crippen molar-refractivity contribution in [3.8, 4) is 11.3 Å². The number of rotatable bonds is 3. The highest BCUT2D eigenvalue weighted by atomic mass is 79.9. The molecule has 2 N–H and O–H groups in total. The third-order valence-corrected chi connectivity index (χ3v) is 4.04. The number of ether oxygens (including phenoxy) is 1. The quantitative estimate of drug-likeness (QED) is 0.902. The van der Waals surface area contributed by atoms with E-state index >= 15 is 0 Å². The monoisotopic (exact) mass is 336 g/mol. The Hall–Kier alpha value is -1.66. The highest BCUT2D eigenvalue weighted by Crippen LogP contribution is 2.34. The Morgan fingerprint density at radius 1 is 1.50 bits per heavy atom. The predicted octanol–water partition coefficient (Wildman–Crippen LogP) is 2.50. The summed E-state index contributed by atoms with van der Waals surface area (Å²) in [6.45, 7) is 2.21. The third kappa shape index (κ3) is 1.96. The summed E-state index contributed by atoms with van der Waals surface area (Å²) in [5.74, 6) is -0.443. The second-order valence-corrected chi connectivity index (χ2v) is 5.87. The van der Waals surface area contributed by atoms with Crippen LogP contribution in [-0.4, -0.2) is 34.3 Å². The van der Waals surface area contributed by atoms with E-state index in [4.69, 9.17) is 4.74 Å². The molecule has 6 heteroatoms. The number of aromatic amines is 1. The number of imidazole rings is 1. The van der Waals surface area contributed by atoms with Gasteiger partial charge in [0.25, 0.3) is 0 Å². The number of hydrogen-bond acceptors (Lipinski definition) is 3. The van der Waals surface area contributed by atoms with Gasteiger partial charge in [0.05, 0.1) is 18.9 Å². The number of hydrogen-bond donors (Lipinski definition) is 2. The summed E-state index contributed by atoms with van der Waals surface area (Å²) in [6.07, 6.45) is 0. The number of aryl methyl sites for hydroxylation is 1. The van der Waals surface area contributed by atoms with E-state index in [2.05, 4.69) is 25.9 Å². The lowest BCUT2D eigenvalue weighted by molar-refractivity contribution is -0.163. The second-order valence-electron chi connectivity index (χ2n) is 4.95. The number of carbonyl (C=O) groups is 1. The third-order valence-electron chi connectivity index (χ3n) is 3.54. The average Bonchev–Trinajstić information content (AvgIpc) is 2.69. The minimum Gasteiger partial charge on any atom is -0.480 e. The van der Waals surface area contributed by atoms with Crippen LogP contribution in [0.2, 0.25) is 0 Å². The lowest BCUT2D eigenvalue weighted by atomic mass is 9.85. The molecule has 1 aromatic heterocycles. The lowest BCUT2D eigenvalue weighted by Crippen LogP contribution is -2.53. The van der Waals surface area contributed by atoms with Crippen molar-refractivity contribution < 1.29 is 14.6 Å². The van der Waals surface area contributed by atoms with Crippen LogP contribution in [0.3, 0.4) is 0 Å². The maximum absolute atomic E-state index is 11.5. The Kier molecular flexibility index (Phi) is 3.14. The van der Waals surface area contributed by atoms with Gasteiger partial charge in [-0.15, -0.1) is 0 Å². The predicted molar refractivity (Wildman–Crippen MR) is 76.6 cm³/mol. The molecule has 104 valence electrons. The van der Waals surface area contributed by atoms with Crippen LogP contribution >= 0.6 is 15.9 Å². The minimum absolute atomic E-state index is 0.160. The molecule has 0 spiro atoms. The molecule has 20 heavy (non-hydrogen) atoms. The molecule has 1 aromatic carbocycles. The van der Waals surface area contributed by atoms with Gasteiger partial charge < -0.3 is 14.8 Å². The van der Waals surface area contributed by atoms with E-state index in [0.717, 1.165) is 21.4 Å². The van der Waals surface area contributed by atoms with Gasteiger partial charge in [-0.1, -0.05) is 28.1 Å². The molecular formula is C14H13BrN2O3. The van der Waals surface area contributed by atoms with Gasteiger partial charge in [0, 0.05) is 15.7 Å². The molecule has 0 bridgehead atoms. The molecule has 2 aromatic rings. The fraction of sp³-hybridized carbons (Fsp3) is 0.286. The molecular weight excluding hydrogens is 324 g/mol. The maximum Gasteiger partial charge on any atom is 0.322 e. The highest BCUT2D eigenvalue weighted by Gasteiger charge is 2.50. The fourth-order valence-corrected chi connectivity index (χ4v) is 2.67. The Labute approximate surface area is 124 Å². The molecule has 2 heterocycles. The van der Waals surface area contributed by atoms with E-state index in [0.29, 0.717) is 5.82 Å². The van der Waals surface area contributed by atoms with Crippen molar-refractivity contribution in [2.24, 2.45) is 0 Å². The van der Waals surface area contributed by atoms with Crippen molar-refractivity contribution >= 4 is 21.9 Å². The largest absolute Gasteiger partial charge is 0.480 e. The molecule has 1 aliphatic heterocycles. The average molecular weight is 337 g/mol. The molecule has 0 aliphatic carbocycles. The second kappa shape index (κ2) is 4.71. The normalized spacial score (nSPS) is 16.7. The van der Waals surface area contributed by atoms with Gasteiger partial charge in [-0.3, -0.25) is 4.79 Å². The van der Waals surface area contributed by atoms with Crippen molar-refractivity contribution in [1.82, 2.24) is 9.97 Å². The van der Waals surface area contributed by atoms with Crippen LogP contribution in [0.5, 0.6) is 0 Å². The first-order chi connectivity index (χ1) is 9.53. The van der Waals surface area contributed by atoms with E-state index in [-0.39, 0.29) is 13.2 Å². The molecule has 5 nitrogen and oxygen atoms in total. The molecule has 1 aliphatic rings. The Morgan fingerprint density at radius 3 is 2.80 bits per heavy atom. The zero-order valence-corrected chi connectivity index (χ0v) is 12.4. The summed E-state index contributed by atoms with van der Waals surface area (Å²) in [6, 6.07) is 7.76. The van der Waals surface area contributed by atoms with E-state index in [9.17, 15) is 9.90 Å². The van der Waals surface area contributed by atoms with Crippen molar-refractivity contribution in [3.05, 3.63) is 40.3 Å². The van der Waals surface area contributed by atoms with E-state index in [1.165, 1.54) is 0 Å². The molecule has 0 atom stereocenters. The fourth-order valence-electron chi connectivity index (χ4n) is 2.27. The van der Waals surface area contributed by atoms with Crippen LogP contribution < -0.4 is 0 Å². The number of halogens is 1. The van der Waals surface area contributed by atoms with Crippen LogP contribution in [0.15, 0.2) is 28.7 Å². The first-order valence-electron chi connectivity index (χ1n) is 6.17. The summed E-state index contributed by atoms with van der Waals surface area (Å²) in [5, 5.41) is 9.40. The number of carboxylic acids is 1. The van der Waals surface area contributed by atoms with Gasteiger partial charge in [0.15, 0.2) is 5.41 Å². The van der Waals surface area contributed by atoms with Crippen LogP contribution in [0.4, 0.5) is 0 Å². The number of nitrogens with one attached hydrogen (secondary N) is 1. The Bertz CT molecular complexity index is 677. The number of benzene rings is 1. The smallest absolute Gasteiger partial charge is 0.322 e. The van der Waals surface area contributed by atoms with Gasteiger partial charge >= 0.3 is 5.97 Å². The van der Waals surface area contributed by atoms with Crippen molar-refractivity contribution in [1.29, 1.82) is 0 Å². The minimum atomic E-state index is -1.03. The van der Waals surface area contributed by atoms with Crippen molar-refractivity contribution in [2.75, 3.05) is 13.2 Å². The molecule has 1 fully saturated rings. The molecule has 0 unspecified atom stereocenters. The zero-order valence-electron chi connectivity index (χ0n) is 10.8. The summed E-state index contributed by atoms with van der Waals surface area (Å²) in [7, 11) is 0. The number of aliphatic carboxylic acids is 1. The van der Waals surface area contributed by atoms with E-state index < -0.39 is 11.4 Å². The number of nitrogens with zero attached hydrogens (tertiary/aromatic N) is 1. The van der Waals surface area contributed by atoms with Crippen LogP contribution in [-0.2, 0) is 14.9 Å². The summed E-state index contributed by atoms with van der Waals surface area (Å²) in [5.41, 5.74) is 1.54. The highest BCUT2D eigenvalue weighted by molar-refractivity contribution is 9.10. The summed E-state index contributed by atoms with van der Waals surface area (Å²) >= 11 is 3.43. The topological polar surface area (TPSA) is 75.2 Å². The van der Waals surface area contributed by atoms with E-state index in [1.807, 2.05) is 31.2 Å². The summed E-state index contributed by atoms with van der Waals surface area (Å²) in [4.78, 5) is 19.1. The first kappa shape index (κ1) is 13.3. The SMILES string of the molecule is Cc1[nH]c(C2(C(=O)O)COC2)nc1-c1cccc(Br)c1. The van der Waals surface area contributed by atoms with Gasteiger partial charge in [0.2, 0.25) is 0 Å². The number of carboxylic acid groups (broad SMARTS) is 1. The standard InChI is InChI=1S/C14H13BrN2O3/c1-8-11(9-3-2-4-10(15)5-9)17-12(16-8)14(13(18)19)6-20-7-14/h2-5H,6-7H2,1H3,(H,16,17)(H,18,19). The zero-order chi connectivity index (χ0) is 14.3. The summed E-state index contributed by atoms with van der Waals surface area (Å²) < 4.78 is 6.04. The van der Waals surface area contributed by atoms with Crippen molar-refractivity contribution in [2.45, 2.75) is 12.3 Å². The maximum atomic E-state index is 11.5. The van der Waals surface area contributed by atoms with Gasteiger partial charge in [-0.2, -0.15) is 0 Å². The van der Waals surface area contributed by atoms with Crippen LogP contribution in [0.1, 0.15) is 11.5 Å². The Morgan fingerprint density at radius 2 is 2.25 bits per heavy atom. The lowest BCUT2D eigenvalue weighted by Gasteiger charge is -2.35.